The molecule has 2 rings (SSSR count). The van der Waals surface area contributed by atoms with E-state index >= 15 is 0 Å². The Morgan fingerprint density at radius 2 is 1.93 bits per heavy atom. The van der Waals surface area contributed by atoms with Gasteiger partial charge in [0.15, 0.2) is 5.82 Å². The topological polar surface area (TPSA) is 82.8 Å². The number of hydrogen-bond acceptors (Lipinski definition) is 4. The number of benzene rings is 1. The first-order valence-corrected chi connectivity index (χ1v) is 4.29. The molecule has 2 aromatic rings. The maximum Gasteiger partial charge on any atom is 0.241 e. The largest absolute Gasteiger partial charge is 0.366 e. The Balaban J connectivity index is 2.60. The lowest BCUT2D eigenvalue weighted by Gasteiger charge is -2.02. The average Bonchev–Trinajstić information content (AvgIpc) is 2.49. The summed E-state index contributed by atoms with van der Waals surface area (Å²) in [7, 11) is 0. The Morgan fingerprint density at radius 3 is 2.50 bits per heavy atom. The molecule has 0 spiro atoms. The second-order valence-corrected chi connectivity index (χ2v) is 3.14. The Morgan fingerprint density at radius 1 is 1.21 bits per heavy atom. The Labute approximate surface area is 85.3 Å². The lowest BCUT2D eigenvalue weighted by molar-refractivity contribution is 1.02. The van der Waals surface area contributed by atoms with Crippen LogP contribution < -0.4 is 11.6 Å². The van der Waals surface area contributed by atoms with Gasteiger partial charge in [0.1, 0.15) is 0 Å². The molecule has 0 aliphatic carbocycles. The monoisotopic (exact) mass is 209 g/mol. The SMILES string of the molecule is Nc1nnc(-c2ccccc2Cl)n1N. The summed E-state index contributed by atoms with van der Waals surface area (Å²) in [5.74, 6) is 6.22. The van der Waals surface area contributed by atoms with E-state index in [-0.39, 0.29) is 5.95 Å². The van der Waals surface area contributed by atoms with Crippen molar-refractivity contribution in [1.82, 2.24) is 14.9 Å². The minimum Gasteiger partial charge on any atom is -0.366 e. The van der Waals surface area contributed by atoms with Gasteiger partial charge in [-0.25, -0.2) is 4.68 Å². The van der Waals surface area contributed by atoms with Gasteiger partial charge in [-0.3, -0.25) is 0 Å². The molecular weight excluding hydrogens is 202 g/mol. The molecule has 0 fully saturated rings. The van der Waals surface area contributed by atoms with Crippen LogP contribution in [0.4, 0.5) is 5.95 Å². The molecule has 0 saturated heterocycles. The third-order valence-corrected chi connectivity index (χ3v) is 2.17. The number of halogens is 1. The highest BCUT2D eigenvalue weighted by atomic mass is 35.5. The van der Waals surface area contributed by atoms with E-state index in [0.29, 0.717) is 16.4 Å². The summed E-state index contributed by atoms with van der Waals surface area (Å²) in [5.41, 5.74) is 6.16. The molecule has 4 N–H and O–H groups in total. The molecule has 0 aliphatic heterocycles. The summed E-state index contributed by atoms with van der Waals surface area (Å²) in [6, 6.07) is 7.22. The van der Waals surface area contributed by atoms with Gasteiger partial charge in [-0.2, -0.15) is 0 Å². The quantitative estimate of drug-likeness (QED) is 0.684. The van der Waals surface area contributed by atoms with Gasteiger partial charge in [-0.15, -0.1) is 10.2 Å². The number of anilines is 1. The summed E-state index contributed by atoms with van der Waals surface area (Å²) in [4.78, 5) is 0. The van der Waals surface area contributed by atoms with Gasteiger partial charge in [-0.05, 0) is 12.1 Å². The van der Waals surface area contributed by atoms with Gasteiger partial charge < -0.3 is 11.6 Å². The highest BCUT2D eigenvalue weighted by Gasteiger charge is 2.11. The summed E-state index contributed by atoms with van der Waals surface area (Å²) >= 11 is 5.96. The van der Waals surface area contributed by atoms with E-state index in [1.54, 1.807) is 12.1 Å². The predicted octanol–water partition coefficient (Wildman–Crippen LogP) is 0.894. The van der Waals surface area contributed by atoms with Crippen LogP contribution in [0.5, 0.6) is 0 Å². The van der Waals surface area contributed by atoms with E-state index < -0.39 is 0 Å². The molecule has 0 amide bonds. The number of hydrogen-bond donors (Lipinski definition) is 2. The first kappa shape index (κ1) is 8.83. The molecule has 1 aromatic heterocycles. The fourth-order valence-electron chi connectivity index (χ4n) is 1.13. The molecule has 14 heavy (non-hydrogen) atoms. The third-order valence-electron chi connectivity index (χ3n) is 1.84. The highest BCUT2D eigenvalue weighted by Crippen LogP contribution is 2.25. The number of rotatable bonds is 1. The molecule has 1 heterocycles. The Bertz CT molecular complexity index is 465. The lowest BCUT2D eigenvalue weighted by atomic mass is 10.2. The van der Waals surface area contributed by atoms with Crippen molar-refractivity contribution in [3.8, 4) is 11.4 Å². The molecule has 1 aromatic carbocycles. The third kappa shape index (κ3) is 1.27. The van der Waals surface area contributed by atoms with E-state index in [4.69, 9.17) is 23.2 Å². The van der Waals surface area contributed by atoms with Crippen LogP contribution in [0.3, 0.4) is 0 Å². The maximum absolute atomic E-state index is 5.96. The summed E-state index contributed by atoms with van der Waals surface area (Å²) < 4.78 is 1.20. The number of nitrogens with two attached hydrogens (primary N) is 2. The predicted molar refractivity (Wildman–Crippen MR) is 55.0 cm³/mol. The van der Waals surface area contributed by atoms with Crippen LogP contribution in [0.2, 0.25) is 5.02 Å². The van der Waals surface area contributed by atoms with Gasteiger partial charge in [0.05, 0.1) is 5.02 Å². The van der Waals surface area contributed by atoms with Crippen molar-refractivity contribution in [2.24, 2.45) is 0 Å². The molecule has 0 bridgehead atoms. The first-order valence-electron chi connectivity index (χ1n) is 3.91. The van der Waals surface area contributed by atoms with Gasteiger partial charge in [0, 0.05) is 5.56 Å². The number of nitrogen functional groups attached to an aromatic ring is 2. The van der Waals surface area contributed by atoms with Crippen LogP contribution in [-0.4, -0.2) is 14.9 Å². The van der Waals surface area contributed by atoms with Gasteiger partial charge in [-0.1, -0.05) is 23.7 Å². The van der Waals surface area contributed by atoms with Gasteiger partial charge in [0.2, 0.25) is 5.95 Å². The molecule has 0 unspecified atom stereocenters. The molecular formula is C8H8ClN5. The van der Waals surface area contributed by atoms with Crippen molar-refractivity contribution in [2.75, 3.05) is 11.6 Å². The summed E-state index contributed by atoms with van der Waals surface area (Å²) in [6.45, 7) is 0. The van der Waals surface area contributed by atoms with Crippen LogP contribution in [0.25, 0.3) is 11.4 Å². The smallest absolute Gasteiger partial charge is 0.241 e. The molecule has 0 aliphatic rings. The molecule has 5 nitrogen and oxygen atoms in total. The van der Waals surface area contributed by atoms with E-state index in [0.717, 1.165) is 0 Å². The van der Waals surface area contributed by atoms with Crippen LogP contribution >= 0.6 is 11.6 Å². The number of aromatic nitrogens is 3. The van der Waals surface area contributed by atoms with Crippen molar-refractivity contribution >= 4 is 17.5 Å². The molecule has 6 heteroatoms. The normalized spacial score (nSPS) is 10.4. The lowest BCUT2D eigenvalue weighted by Crippen LogP contribution is -2.13. The zero-order valence-corrected chi connectivity index (χ0v) is 7.94. The van der Waals surface area contributed by atoms with Gasteiger partial charge >= 0.3 is 0 Å². The Kier molecular flexibility index (Phi) is 2.01. The average molecular weight is 210 g/mol. The molecule has 72 valence electrons. The van der Waals surface area contributed by atoms with E-state index in [1.165, 1.54) is 4.68 Å². The van der Waals surface area contributed by atoms with Crippen LogP contribution in [0, 0.1) is 0 Å². The van der Waals surface area contributed by atoms with Crippen molar-refractivity contribution < 1.29 is 0 Å². The second kappa shape index (κ2) is 3.19. The minimum absolute atomic E-state index is 0.153. The fourth-order valence-corrected chi connectivity index (χ4v) is 1.35. The fraction of sp³-hybridized carbons (Fsp3) is 0. The Hall–Kier alpha value is -1.75. The zero-order valence-electron chi connectivity index (χ0n) is 7.18. The molecule has 0 atom stereocenters. The molecule has 0 saturated carbocycles. The second-order valence-electron chi connectivity index (χ2n) is 2.73. The summed E-state index contributed by atoms with van der Waals surface area (Å²) in [5, 5.41) is 8.03. The van der Waals surface area contributed by atoms with Crippen molar-refractivity contribution in [3.63, 3.8) is 0 Å². The van der Waals surface area contributed by atoms with Gasteiger partial charge in [0.25, 0.3) is 0 Å². The van der Waals surface area contributed by atoms with Crippen molar-refractivity contribution in [2.45, 2.75) is 0 Å². The maximum atomic E-state index is 5.96. The van der Waals surface area contributed by atoms with Crippen molar-refractivity contribution in [3.05, 3.63) is 29.3 Å². The molecule has 0 radical (unpaired) electrons. The zero-order chi connectivity index (χ0) is 10.1. The van der Waals surface area contributed by atoms with E-state index in [9.17, 15) is 0 Å². The highest BCUT2D eigenvalue weighted by molar-refractivity contribution is 6.33. The number of nitrogens with zero attached hydrogens (tertiary/aromatic N) is 3. The first-order chi connectivity index (χ1) is 6.70. The van der Waals surface area contributed by atoms with Crippen LogP contribution in [0.1, 0.15) is 0 Å². The van der Waals surface area contributed by atoms with Crippen LogP contribution in [0.15, 0.2) is 24.3 Å². The van der Waals surface area contributed by atoms with Crippen LogP contribution in [-0.2, 0) is 0 Å². The summed E-state index contributed by atoms with van der Waals surface area (Å²) in [6.07, 6.45) is 0. The standard InChI is InChI=1S/C8H8ClN5/c9-6-4-2-1-3-5(6)7-12-13-8(10)14(7)11/h1-4H,11H2,(H2,10,13). The van der Waals surface area contributed by atoms with Crippen molar-refractivity contribution in [1.29, 1.82) is 0 Å². The minimum atomic E-state index is 0.153. The van der Waals surface area contributed by atoms with E-state index in [1.807, 2.05) is 12.1 Å². The van der Waals surface area contributed by atoms with E-state index in [2.05, 4.69) is 10.2 Å².